The number of nitrogens with two attached hydrogens (primary N) is 1. The van der Waals surface area contributed by atoms with Crippen LogP contribution in [-0.4, -0.2) is 23.4 Å². The molecule has 0 saturated heterocycles. The van der Waals surface area contributed by atoms with Crippen LogP contribution in [0, 0.1) is 0 Å². The second-order valence-electron chi connectivity index (χ2n) is 4.57. The molecule has 0 bridgehead atoms. The van der Waals surface area contributed by atoms with Crippen LogP contribution in [0.4, 0.5) is 0 Å². The Kier molecular flexibility index (Phi) is 4.17. The second kappa shape index (κ2) is 5.70. The van der Waals surface area contributed by atoms with E-state index in [2.05, 4.69) is 15.6 Å². The van der Waals surface area contributed by atoms with E-state index in [0.717, 1.165) is 11.3 Å². The van der Waals surface area contributed by atoms with Gasteiger partial charge in [-0.05, 0) is 24.6 Å². The molecular weight excluding hydrogens is 278 g/mol. The number of nitrogens with zero attached hydrogens (tertiary/aromatic N) is 3. The molecule has 3 N–H and O–H groups in total. The summed E-state index contributed by atoms with van der Waals surface area (Å²) in [6, 6.07) is 6.58. The molecule has 1 heterocycles. The van der Waals surface area contributed by atoms with Gasteiger partial charge in [-0.2, -0.15) is 0 Å². The Bertz CT molecular complexity index is 678. The standard InChI is InChI=1S/C12H17N5O2S/c1-9(14-7-11-8-15-16-17(11)2)10-3-5-12(6-4-10)20(13,18)19/h3-6,8-9,14H,7H2,1-2H3,(H2,13,18,19). The lowest BCUT2D eigenvalue weighted by molar-refractivity contribution is 0.546. The monoisotopic (exact) mass is 295 g/mol. The van der Waals surface area contributed by atoms with E-state index in [1.54, 1.807) is 23.0 Å². The summed E-state index contributed by atoms with van der Waals surface area (Å²) in [5.74, 6) is 0. The lowest BCUT2D eigenvalue weighted by atomic mass is 10.1. The molecule has 1 unspecified atom stereocenters. The third-order valence-corrected chi connectivity index (χ3v) is 4.04. The first kappa shape index (κ1) is 14.6. The molecule has 0 saturated carbocycles. The van der Waals surface area contributed by atoms with Gasteiger partial charge in [0.15, 0.2) is 0 Å². The minimum atomic E-state index is -3.64. The molecule has 1 atom stereocenters. The Hall–Kier alpha value is -1.77. The first-order valence-corrected chi connectivity index (χ1v) is 7.62. The summed E-state index contributed by atoms with van der Waals surface area (Å²) in [5.41, 5.74) is 1.95. The van der Waals surface area contributed by atoms with Gasteiger partial charge in [0, 0.05) is 19.6 Å². The Labute approximate surface area is 117 Å². The van der Waals surface area contributed by atoms with Gasteiger partial charge in [-0.15, -0.1) is 5.10 Å². The van der Waals surface area contributed by atoms with Crippen LogP contribution in [-0.2, 0) is 23.6 Å². The highest BCUT2D eigenvalue weighted by Crippen LogP contribution is 2.15. The number of aromatic nitrogens is 3. The molecule has 0 fully saturated rings. The van der Waals surface area contributed by atoms with Crippen LogP contribution in [0.15, 0.2) is 35.4 Å². The fraction of sp³-hybridized carbons (Fsp3) is 0.333. The molecule has 0 aliphatic heterocycles. The van der Waals surface area contributed by atoms with Crippen molar-refractivity contribution in [3.63, 3.8) is 0 Å². The third kappa shape index (κ3) is 3.41. The molecular formula is C12H17N5O2S. The Morgan fingerprint density at radius 2 is 2.00 bits per heavy atom. The highest BCUT2D eigenvalue weighted by Gasteiger charge is 2.10. The zero-order chi connectivity index (χ0) is 14.8. The molecule has 0 aliphatic carbocycles. The zero-order valence-electron chi connectivity index (χ0n) is 11.3. The Morgan fingerprint density at radius 1 is 1.35 bits per heavy atom. The number of sulfonamides is 1. The van der Waals surface area contributed by atoms with Crippen molar-refractivity contribution in [2.75, 3.05) is 0 Å². The van der Waals surface area contributed by atoms with Gasteiger partial charge in [-0.1, -0.05) is 17.3 Å². The van der Waals surface area contributed by atoms with Crippen LogP contribution in [0.25, 0.3) is 0 Å². The fourth-order valence-corrected chi connectivity index (χ4v) is 2.31. The van der Waals surface area contributed by atoms with Crippen molar-refractivity contribution in [1.29, 1.82) is 0 Å². The molecule has 0 aliphatic rings. The number of hydrogen-bond acceptors (Lipinski definition) is 5. The summed E-state index contributed by atoms with van der Waals surface area (Å²) in [6.07, 6.45) is 1.70. The predicted molar refractivity (Wildman–Crippen MR) is 74.1 cm³/mol. The molecule has 2 aromatic rings. The van der Waals surface area contributed by atoms with E-state index in [4.69, 9.17) is 5.14 Å². The molecule has 0 amide bonds. The average molecular weight is 295 g/mol. The number of nitrogens with one attached hydrogen (secondary N) is 1. The van der Waals surface area contributed by atoms with E-state index in [-0.39, 0.29) is 10.9 Å². The van der Waals surface area contributed by atoms with Crippen LogP contribution < -0.4 is 10.5 Å². The lowest BCUT2D eigenvalue weighted by Crippen LogP contribution is -2.20. The minimum Gasteiger partial charge on any atom is -0.305 e. The van der Waals surface area contributed by atoms with Crippen LogP contribution in [0.3, 0.4) is 0 Å². The van der Waals surface area contributed by atoms with Crippen molar-refractivity contribution in [3.05, 3.63) is 41.7 Å². The van der Waals surface area contributed by atoms with E-state index in [1.165, 1.54) is 12.1 Å². The maximum absolute atomic E-state index is 11.2. The van der Waals surface area contributed by atoms with Gasteiger partial charge in [-0.3, -0.25) is 4.68 Å². The fourth-order valence-electron chi connectivity index (χ4n) is 1.79. The van der Waals surface area contributed by atoms with Gasteiger partial charge in [0.05, 0.1) is 16.8 Å². The highest BCUT2D eigenvalue weighted by molar-refractivity contribution is 7.89. The van der Waals surface area contributed by atoms with E-state index in [0.29, 0.717) is 6.54 Å². The molecule has 1 aromatic heterocycles. The molecule has 0 spiro atoms. The summed E-state index contributed by atoms with van der Waals surface area (Å²) in [6.45, 7) is 2.62. The highest BCUT2D eigenvalue weighted by atomic mass is 32.2. The number of hydrogen-bond donors (Lipinski definition) is 2. The van der Waals surface area contributed by atoms with Crippen molar-refractivity contribution in [2.24, 2.45) is 12.2 Å². The molecule has 108 valence electrons. The average Bonchev–Trinajstić information content (AvgIpc) is 2.81. The zero-order valence-corrected chi connectivity index (χ0v) is 12.1. The summed E-state index contributed by atoms with van der Waals surface area (Å²) in [4.78, 5) is 0.115. The molecule has 0 radical (unpaired) electrons. The summed E-state index contributed by atoms with van der Waals surface area (Å²) < 4.78 is 24.1. The van der Waals surface area contributed by atoms with Crippen molar-refractivity contribution in [1.82, 2.24) is 20.3 Å². The molecule has 2 rings (SSSR count). The maximum Gasteiger partial charge on any atom is 0.238 e. The number of aryl methyl sites for hydroxylation is 1. The first-order chi connectivity index (χ1) is 9.38. The first-order valence-electron chi connectivity index (χ1n) is 6.07. The van der Waals surface area contributed by atoms with Gasteiger partial charge in [-0.25, -0.2) is 13.6 Å². The van der Waals surface area contributed by atoms with Crippen LogP contribution in [0.5, 0.6) is 0 Å². The minimum absolute atomic E-state index is 0.0689. The topological polar surface area (TPSA) is 103 Å². The largest absolute Gasteiger partial charge is 0.305 e. The molecule has 7 nitrogen and oxygen atoms in total. The van der Waals surface area contributed by atoms with Gasteiger partial charge in [0.2, 0.25) is 10.0 Å². The predicted octanol–water partition coefficient (Wildman–Crippen LogP) is 0.313. The Morgan fingerprint density at radius 3 is 2.50 bits per heavy atom. The van der Waals surface area contributed by atoms with E-state index in [1.807, 2.05) is 14.0 Å². The SMILES string of the molecule is CC(NCc1cnnn1C)c1ccc(S(N)(=O)=O)cc1. The van der Waals surface area contributed by atoms with Crippen LogP contribution >= 0.6 is 0 Å². The Balaban J connectivity index is 2.03. The third-order valence-electron chi connectivity index (χ3n) is 3.11. The molecule has 20 heavy (non-hydrogen) atoms. The van der Waals surface area contributed by atoms with E-state index in [9.17, 15) is 8.42 Å². The van der Waals surface area contributed by atoms with Crippen molar-refractivity contribution in [2.45, 2.75) is 24.4 Å². The normalized spacial score (nSPS) is 13.3. The van der Waals surface area contributed by atoms with Gasteiger partial charge in [0.25, 0.3) is 0 Å². The second-order valence-corrected chi connectivity index (χ2v) is 6.13. The quantitative estimate of drug-likeness (QED) is 0.826. The van der Waals surface area contributed by atoms with Gasteiger partial charge in [0.1, 0.15) is 0 Å². The van der Waals surface area contributed by atoms with Gasteiger partial charge >= 0.3 is 0 Å². The summed E-state index contributed by atoms with van der Waals surface area (Å²) in [7, 11) is -1.81. The van der Waals surface area contributed by atoms with E-state index < -0.39 is 10.0 Å². The van der Waals surface area contributed by atoms with Crippen molar-refractivity contribution in [3.8, 4) is 0 Å². The summed E-state index contributed by atoms with van der Waals surface area (Å²) >= 11 is 0. The van der Waals surface area contributed by atoms with E-state index >= 15 is 0 Å². The maximum atomic E-state index is 11.2. The number of benzene rings is 1. The van der Waals surface area contributed by atoms with Crippen molar-refractivity contribution >= 4 is 10.0 Å². The summed E-state index contributed by atoms with van der Waals surface area (Å²) in [5, 5.41) is 16.0. The number of rotatable bonds is 5. The van der Waals surface area contributed by atoms with Crippen LogP contribution in [0.2, 0.25) is 0 Å². The smallest absolute Gasteiger partial charge is 0.238 e. The van der Waals surface area contributed by atoms with Gasteiger partial charge < -0.3 is 5.32 Å². The van der Waals surface area contributed by atoms with Crippen molar-refractivity contribution < 1.29 is 8.42 Å². The van der Waals surface area contributed by atoms with Crippen LogP contribution in [0.1, 0.15) is 24.2 Å². The molecule has 1 aromatic carbocycles. The lowest BCUT2D eigenvalue weighted by Gasteiger charge is -2.14. The molecule has 8 heteroatoms. The number of primary sulfonamides is 1.